The number of aryl methyl sites for hydroxylation is 1. The lowest BCUT2D eigenvalue weighted by atomic mass is 10.2. The third-order valence-corrected chi connectivity index (χ3v) is 3.39. The molecule has 1 aromatic carbocycles. The molecule has 0 bridgehead atoms. The Morgan fingerprint density at radius 1 is 1.50 bits per heavy atom. The zero-order valence-electron chi connectivity index (χ0n) is 9.86. The van der Waals surface area contributed by atoms with Crippen LogP contribution in [0.1, 0.15) is 16.1 Å². The molecule has 0 atom stereocenters. The van der Waals surface area contributed by atoms with Crippen molar-refractivity contribution < 1.29 is 9.53 Å². The quantitative estimate of drug-likeness (QED) is 0.939. The number of aromatic nitrogens is 1. The third-order valence-electron chi connectivity index (χ3n) is 2.39. The number of nitrogens with one attached hydrogen (secondary N) is 1. The fraction of sp³-hybridized carbons (Fsp3) is 0.167. The van der Waals surface area contributed by atoms with Crippen LogP contribution in [0, 0.1) is 6.92 Å². The molecule has 0 radical (unpaired) electrons. The van der Waals surface area contributed by atoms with Gasteiger partial charge in [0.15, 0.2) is 0 Å². The summed E-state index contributed by atoms with van der Waals surface area (Å²) in [6.07, 6.45) is 0. The van der Waals surface area contributed by atoms with Gasteiger partial charge in [0.05, 0.1) is 18.3 Å². The van der Waals surface area contributed by atoms with Gasteiger partial charge in [-0.15, -0.1) is 11.3 Å². The van der Waals surface area contributed by atoms with Gasteiger partial charge in [-0.05, 0) is 18.6 Å². The maximum absolute atomic E-state index is 11.9. The Labute approximate surface area is 114 Å². The van der Waals surface area contributed by atoms with E-state index < -0.39 is 0 Å². The first-order valence-electron chi connectivity index (χ1n) is 5.15. The normalized spacial score (nSPS) is 10.2. The maximum atomic E-state index is 11.9. The lowest BCUT2D eigenvalue weighted by Gasteiger charge is -2.11. The number of methoxy groups -OCH3 is 1. The molecule has 2 rings (SSSR count). The monoisotopic (exact) mass is 282 g/mol. The summed E-state index contributed by atoms with van der Waals surface area (Å²) in [4.78, 5) is 15.8. The van der Waals surface area contributed by atoms with Crippen LogP contribution in [0.3, 0.4) is 0 Å². The highest BCUT2D eigenvalue weighted by molar-refractivity contribution is 7.07. The van der Waals surface area contributed by atoms with Crippen molar-refractivity contribution in [1.82, 2.24) is 4.98 Å². The predicted octanol–water partition coefficient (Wildman–Crippen LogP) is 3.37. The van der Waals surface area contributed by atoms with Gasteiger partial charge in [-0.2, -0.15) is 0 Å². The molecule has 0 saturated carbocycles. The van der Waals surface area contributed by atoms with Crippen LogP contribution >= 0.6 is 22.9 Å². The number of halogens is 1. The second-order valence-electron chi connectivity index (χ2n) is 3.63. The van der Waals surface area contributed by atoms with Gasteiger partial charge in [0, 0.05) is 16.5 Å². The first-order valence-corrected chi connectivity index (χ1v) is 6.47. The van der Waals surface area contributed by atoms with Gasteiger partial charge in [-0.1, -0.05) is 11.6 Å². The molecule has 94 valence electrons. The van der Waals surface area contributed by atoms with Crippen molar-refractivity contribution >= 4 is 34.5 Å². The zero-order valence-corrected chi connectivity index (χ0v) is 11.4. The molecule has 0 unspecified atom stereocenters. The summed E-state index contributed by atoms with van der Waals surface area (Å²) < 4.78 is 5.18. The van der Waals surface area contributed by atoms with Crippen LogP contribution in [0.4, 0.5) is 5.69 Å². The first kappa shape index (κ1) is 12.9. The van der Waals surface area contributed by atoms with E-state index in [1.54, 1.807) is 23.0 Å². The Morgan fingerprint density at radius 3 is 2.89 bits per heavy atom. The SMILES string of the molecule is COc1cc(Cl)c(C)cc1NC(=O)c1cscn1. The lowest BCUT2D eigenvalue weighted by Crippen LogP contribution is -2.13. The average molecular weight is 283 g/mol. The highest BCUT2D eigenvalue weighted by Crippen LogP contribution is 2.31. The molecule has 0 aliphatic carbocycles. The van der Waals surface area contributed by atoms with Crippen molar-refractivity contribution in [2.45, 2.75) is 6.92 Å². The molecule has 0 fully saturated rings. The summed E-state index contributed by atoms with van der Waals surface area (Å²) in [5.74, 6) is 0.255. The Kier molecular flexibility index (Phi) is 3.84. The second kappa shape index (κ2) is 5.37. The minimum absolute atomic E-state index is 0.267. The number of carbonyl (C=O) groups excluding carboxylic acids is 1. The van der Waals surface area contributed by atoms with Crippen molar-refractivity contribution in [3.8, 4) is 5.75 Å². The molecule has 4 nitrogen and oxygen atoms in total. The van der Waals surface area contributed by atoms with Crippen molar-refractivity contribution in [3.05, 3.63) is 39.3 Å². The number of ether oxygens (including phenoxy) is 1. The predicted molar refractivity (Wildman–Crippen MR) is 72.8 cm³/mol. The Morgan fingerprint density at radius 2 is 2.28 bits per heavy atom. The standard InChI is InChI=1S/C12H11ClN2O2S/c1-7-3-9(11(17-2)4-8(7)13)15-12(16)10-5-18-6-14-10/h3-6H,1-2H3,(H,15,16). The van der Waals surface area contributed by atoms with Gasteiger partial charge in [0.1, 0.15) is 11.4 Å². The van der Waals surface area contributed by atoms with E-state index in [0.717, 1.165) is 5.56 Å². The Balaban J connectivity index is 2.28. The maximum Gasteiger partial charge on any atom is 0.275 e. The summed E-state index contributed by atoms with van der Waals surface area (Å²) in [6, 6.07) is 3.44. The largest absolute Gasteiger partial charge is 0.495 e. The molecular formula is C12H11ClN2O2S. The molecule has 2 aromatic rings. The average Bonchev–Trinajstić information content (AvgIpc) is 2.87. The van der Waals surface area contributed by atoms with Crippen LogP contribution in [0.2, 0.25) is 5.02 Å². The minimum Gasteiger partial charge on any atom is -0.495 e. The number of thiazole rings is 1. The van der Waals surface area contributed by atoms with Crippen LogP contribution in [0.15, 0.2) is 23.0 Å². The van der Waals surface area contributed by atoms with Gasteiger partial charge >= 0.3 is 0 Å². The summed E-state index contributed by atoms with van der Waals surface area (Å²) in [5.41, 5.74) is 3.44. The number of anilines is 1. The summed E-state index contributed by atoms with van der Waals surface area (Å²) in [5, 5.41) is 5.03. The number of amides is 1. The van der Waals surface area contributed by atoms with Crippen LogP contribution in [0.25, 0.3) is 0 Å². The van der Waals surface area contributed by atoms with Crippen LogP contribution < -0.4 is 10.1 Å². The van der Waals surface area contributed by atoms with Gasteiger partial charge in [-0.25, -0.2) is 4.98 Å². The number of benzene rings is 1. The Hall–Kier alpha value is -1.59. The van der Waals surface area contributed by atoms with E-state index >= 15 is 0 Å². The van der Waals surface area contributed by atoms with E-state index in [-0.39, 0.29) is 5.91 Å². The van der Waals surface area contributed by atoms with Crippen LogP contribution in [-0.2, 0) is 0 Å². The van der Waals surface area contributed by atoms with Gasteiger partial charge in [0.25, 0.3) is 5.91 Å². The number of hydrogen-bond acceptors (Lipinski definition) is 4. The molecule has 1 heterocycles. The van der Waals surface area contributed by atoms with Gasteiger partial charge < -0.3 is 10.1 Å². The second-order valence-corrected chi connectivity index (χ2v) is 4.76. The third kappa shape index (κ3) is 2.63. The fourth-order valence-electron chi connectivity index (χ4n) is 1.44. The van der Waals surface area contributed by atoms with E-state index in [4.69, 9.17) is 16.3 Å². The highest BCUT2D eigenvalue weighted by atomic mass is 35.5. The molecular weight excluding hydrogens is 272 g/mol. The highest BCUT2D eigenvalue weighted by Gasteiger charge is 2.12. The topological polar surface area (TPSA) is 51.2 Å². The molecule has 1 amide bonds. The molecule has 0 spiro atoms. The Bertz CT molecular complexity index is 570. The van der Waals surface area contributed by atoms with E-state index in [0.29, 0.717) is 22.2 Å². The number of nitrogens with zero attached hydrogens (tertiary/aromatic N) is 1. The minimum atomic E-state index is -0.267. The molecule has 1 N–H and O–H groups in total. The van der Waals surface area contributed by atoms with E-state index in [1.807, 2.05) is 6.92 Å². The van der Waals surface area contributed by atoms with Crippen molar-refractivity contribution in [2.75, 3.05) is 12.4 Å². The first-order chi connectivity index (χ1) is 8.61. The molecule has 18 heavy (non-hydrogen) atoms. The molecule has 0 aliphatic heterocycles. The number of rotatable bonds is 3. The number of carbonyl (C=O) groups is 1. The van der Waals surface area contributed by atoms with E-state index in [2.05, 4.69) is 10.3 Å². The summed E-state index contributed by atoms with van der Waals surface area (Å²) in [7, 11) is 1.53. The van der Waals surface area contributed by atoms with Crippen molar-refractivity contribution in [2.24, 2.45) is 0 Å². The van der Waals surface area contributed by atoms with Crippen LogP contribution in [-0.4, -0.2) is 18.0 Å². The number of hydrogen-bond donors (Lipinski definition) is 1. The van der Waals surface area contributed by atoms with E-state index in [1.165, 1.54) is 18.4 Å². The molecule has 0 saturated heterocycles. The van der Waals surface area contributed by atoms with Crippen LogP contribution in [0.5, 0.6) is 5.75 Å². The fourth-order valence-corrected chi connectivity index (χ4v) is 2.13. The molecule has 6 heteroatoms. The lowest BCUT2D eigenvalue weighted by molar-refractivity contribution is 0.102. The molecule has 1 aromatic heterocycles. The van der Waals surface area contributed by atoms with Gasteiger partial charge in [0.2, 0.25) is 0 Å². The van der Waals surface area contributed by atoms with Gasteiger partial charge in [-0.3, -0.25) is 4.79 Å². The van der Waals surface area contributed by atoms with E-state index in [9.17, 15) is 4.79 Å². The molecule has 0 aliphatic rings. The zero-order chi connectivity index (χ0) is 13.1. The summed E-state index contributed by atoms with van der Waals surface area (Å²) in [6.45, 7) is 1.86. The van der Waals surface area contributed by atoms with Crippen molar-refractivity contribution in [3.63, 3.8) is 0 Å². The smallest absolute Gasteiger partial charge is 0.275 e. The van der Waals surface area contributed by atoms with Crippen molar-refractivity contribution in [1.29, 1.82) is 0 Å². The summed E-state index contributed by atoms with van der Waals surface area (Å²) >= 11 is 7.37.